The maximum Gasteiger partial charge on any atom is 0.281 e. The number of anilines is 1. The zero-order chi connectivity index (χ0) is 14.5. The van der Waals surface area contributed by atoms with Gasteiger partial charge in [-0.25, -0.2) is 0 Å². The molecule has 0 aromatic carbocycles. The van der Waals surface area contributed by atoms with Gasteiger partial charge in [0, 0.05) is 12.6 Å². The fraction of sp³-hybridized carbons (Fsp3) is 0.571. The van der Waals surface area contributed by atoms with Crippen LogP contribution in [0.2, 0.25) is 0 Å². The lowest BCUT2D eigenvalue weighted by Crippen LogP contribution is -2.38. The van der Waals surface area contributed by atoms with Crippen LogP contribution in [-0.4, -0.2) is 57.7 Å². The molecule has 1 aliphatic heterocycles. The molecule has 1 fully saturated rings. The highest BCUT2D eigenvalue weighted by Gasteiger charge is 2.24. The number of nitrogens with one attached hydrogen (secondary N) is 1. The van der Waals surface area contributed by atoms with Crippen molar-refractivity contribution in [1.82, 2.24) is 9.88 Å². The smallest absolute Gasteiger partial charge is 0.281 e. The Morgan fingerprint density at radius 2 is 2.40 bits per heavy atom. The van der Waals surface area contributed by atoms with Gasteiger partial charge in [0.25, 0.3) is 16.3 Å². The third-order valence-corrected chi connectivity index (χ3v) is 3.85. The van der Waals surface area contributed by atoms with Crippen molar-refractivity contribution in [2.75, 3.05) is 32.1 Å². The van der Waals surface area contributed by atoms with Crippen molar-refractivity contribution in [3.63, 3.8) is 0 Å². The summed E-state index contributed by atoms with van der Waals surface area (Å²) in [7, 11) is 2.16. The molecule has 2 heterocycles. The van der Waals surface area contributed by atoms with E-state index < -0.39 is 0 Å². The minimum absolute atomic E-state index is 0.210. The molecule has 2 radical (unpaired) electrons. The van der Waals surface area contributed by atoms with Crippen LogP contribution in [0.4, 0.5) is 10.6 Å². The van der Waals surface area contributed by atoms with E-state index in [0.29, 0.717) is 30.1 Å². The Morgan fingerprint density at radius 1 is 1.60 bits per heavy atom. The topological polar surface area (TPSA) is 54.5 Å². The van der Waals surface area contributed by atoms with Crippen molar-refractivity contribution >= 4 is 26.9 Å². The van der Waals surface area contributed by atoms with E-state index in [9.17, 15) is 4.79 Å². The number of hydrogen-bond donors (Lipinski definition) is 1. The maximum atomic E-state index is 11.0. The first kappa shape index (κ1) is 15.3. The Hall–Kier alpha value is -1.09. The van der Waals surface area contributed by atoms with Gasteiger partial charge in [-0.1, -0.05) is 13.0 Å². The molecule has 2 atom stereocenters. The van der Waals surface area contributed by atoms with Crippen LogP contribution in [0.5, 0.6) is 5.88 Å². The summed E-state index contributed by atoms with van der Waals surface area (Å²) in [6.45, 7) is 5.18. The first-order valence-corrected chi connectivity index (χ1v) is 7.47. The second-order valence-corrected chi connectivity index (χ2v) is 5.97. The highest BCUT2D eigenvalue weighted by atomic mass is 27.0. The first-order valence-electron chi connectivity index (χ1n) is 6.89. The lowest BCUT2D eigenvalue weighted by molar-refractivity contribution is 0.107. The van der Waals surface area contributed by atoms with E-state index in [1.165, 1.54) is 0 Å². The predicted octanol–water partition coefficient (Wildman–Crippen LogP) is 1.75. The van der Waals surface area contributed by atoms with Gasteiger partial charge >= 0.3 is 0 Å². The number of carbonyl (C=O) groups excluding carboxylic acids is 1. The summed E-state index contributed by atoms with van der Waals surface area (Å²) in [5, 5.41) is 2.62. The van der Waals surface area contributed by atoms with Crippen LogP contribution in [0.3, 0.4) is 0 Å². The fourth-order valence-corrected chi connectivity index (χ4v) is 2.68. The van der Waals surface area contributed by atoms with E-state index in [2.05, 4.69) is 45.5 Å². The van der Waals surface area contributed by atoms with E-state index in [1.807, 2.05) is 12.1 Å². The zero-order valence-corrected chi connectivity index (χ0v) is 13.2. The van der Waals surface area contributed by atoms with E-state index in [-0.39, 0.29) is 4.77 Å². The third-order valence-electron chi connectivity index (χ3n) is 3.71. The molecule has 1 N–H and O–H groups in total. The van der Waals surface area contributed by atoms with Crippen LogP contribution in [0.1, 0.15) is 13.3 Å². The second-order valence-electron chi connectivity index (χ2n) is 5.45. The number of carbonyl (C=O) groups is 1. The van der Waals surface area contributed by atoms with Gasteiger partial charge < -0.3 is 19.7 Å². The van der Waals surface area contributed by atoms with Gasteiger partial charge in [0.05, 0.1) is 6.61 Å². The number of aromatic nitrogens is 1. The maximum absolute atomic E-state index is 11.0. The number of likely N-dealkylation sites (tertiary alicyclic amines) is 1. The van der Waals surface area contributed by atoms with E-state index in [4.69, 9.17) is 4.74 Å². The number of hydrogen-bond acceptors (Lipinski definition) is 4. The third kappa shape index (κ3) is 4.48. The average Bonchev–Trinajstić information content (AvgIpc) is 2.37. The predicted molar refractivity (Wildman–Crippen MR) is 79.3 cm³/mol. The van der Waals surface area contributed by atoms with Crippen molar-refractivity contribution in [1.29, 1.82) is 0 Å². The van der Waals surface area contributed by atoms with E-state index in [1.54, 1.807) is 6.07 Å². The molecule has 0 aliphatic carbocycles. The molecule has 0 spiro atoms. The van der Waals surface area contributed by atoms with E-state index >= 15 is 0 Å². The van der Waals surface area contributed by atoms with Crippen LogP contribution < -0.4 is 10.1 Å². The Labute approximate surface area is 128 Å². The zero-order valence-electron chi connectivity index (χ0n) is 12.0. The Morgan fingerprint density at radius 3 is 3.10 bits per heavy atom. The van der Waals surface area contributed by atoms with Gasteiger partial charge in [0.15, 0.2) is 0 Å². The summed E-state index contributed by atoms with van der Waals surface area (Å²) in [6.07, 6.45) is 1.15. The van der Waals surface area contributed by atoms with Crippen LogP contribution >= 0.6 is 0 Å². The number of pyridine rings is 1. The molecule has 1 unspecified atom stereocenters. The normalized spacial score (nSPS) is 23.3. The molecule has 0 saturated carbocycles. The Balaban J connectivity index is 1.89. The van der Waals surface area contributed by atoms with E-state index in [0.717, 1.165) is 19.5 Å². The molecule has 6 heteroatoms. The standard InChI is InChI=1S/C14H20N3O2.Al/c1-11-8-17(2)7-6-12(11)9-19-14-5-3-4-13(16-14)15-10-18;/h3-5,11-12H,6-9H2,1-2H3,(H,15,16,18);/t11-,12?;/m1./s1. The minimum Gasteiger partial charge on any atom is -0.477 e. The Kier molecular flexibility index (Phi) is 5.41. The average molecular weight is 289 g/mol. The van der Waals surface area contributed by atoms with Crippen molar-refractivity contribution < 1.29 is 9.53 Å². The highest BCUT2D eigenvalue weighted by molar-refractivity contribution is 6.60. The molecule has 0 bridgehead atoms. The largest absolute Gasteiger partial charge is 0.477 e. The fourth-order valence-electron chi connectivity index (χ4n) is 2.53. The number of amides is 1. The van der Waals surface area contributed by atoms with Crippen LogP contribution in [0, 0.1) is 11.8 Å². The van der Waals surface area contributed by atoms with Gasteiger partial charge in [0.1, 0.15) is 10.6 Å². The SMILES string of the molecule is C[C@@H]1CN(C)CCC1COc1cccc(N[C](=O)[Al])n1. The Bertz CT molecular complexity index is 469. The quantitative estimate of drug-likeness (QED) is 0.858. The molecule has 106 valence electrons. The molecule has 1 aromatic rings. The molecule has 1 aliphatic rings. The van der Waals surface area contributed by atoms with Crippen LogP contribution in [0.25, 0.3) is 0 Å². The first-order chi connectivity index (χ1) is 9.54. The number of piperidine rings is 1. The molecule has 2 rings (SSSR count). The van der Waals surface area contributed by atoms with Gasteiger partial charge in [0.2, 0.25) is 5.88 Å². The number of ether oxygens (including phenoxy) is 1. The molecule has 1 aromatic heterocycles. The van der Waals surface area contributed by atoms with Crippen LogP contribution in [0.15, 0.2) is 18.2 Å². The van der Waals surface area contributed by atoms with Gasteiger partial charge in [-0.3, -0.25) is 0 Å². The monoisotopic (exact) mass is 289 g/mol. The van der Waals surface area contributed by atoms with Crippen molar-refractivity contribution in [3.05, 3.63) is 18.2 Å². The minimum atomic E-state index is -0.210. The van der Waals surface area contributed by atoms with Crippen LogP contribution in [-0.2, 0) is 0 Å². The molecular formula is C14H20AlN3O2. The lowest BCUT2D eigenvalue weighted by Gasteiger charge is -2.34. The van der Waals surface area contributed by atoms with Gasteiger partial charge in [-0.05, 0) is 37.9 Å². The molecule has 20 heavy (non-hydrogen) atoms. The van der Waals surface area contributed by atoms with Gasteiger partial charge in [-0.2, -0.15) is 4.98 Å². The molecule has 1 amide bonds. The summed E-state index contributed by atoms with van der Waals surface area (Å²) < 4.78 is 5.58. The number of rotatable bonds is 4. The summed E-state index contributed by atoms with van der Waals surface area (Å²) in [6, 6.07) is 5.39. The highest BCUT2D eigenvalue weighted by Crippen LogP contribution is 2.23. The van der Waals surface area contributed by atoms with Crippen molar-refractivity contribution in [3.8, 4) is 5.88 Å². The lowest BCUT2D eigenvalue weighted by atomic mass is 9.88. The van der Waals surface area contributed by atoms with Crippen molar-refractivity contribution in [2.24, 2.45) is 11.8 Å². The van der Waals surface area contributed by atoms with Gasteiger partial charge in [-0.15, -0.1) is 0 Å². The summed E-state index contributed by atoms with van der Waals surface area (Å²) in [5.41, 5.74) is 0. The molecule has 5 nitrogen and oxygen atoms in total. The number of nitrogens with zero attached hydrogens (tertiary/aromatic N) is 2. The molecule has 1 saturated heterocycles. The summed E-state index contributed by atoms with van der Waals surface area (Å²) >= 11 is 2.07. The molecular weight excluding hydrogens is 269 g/mol. The second kappa shape index (κ2) is 7.07. The summed E-state index contributed by atoms with van der Waals surface area (Å²) in [5.74, 6) is 2.27. The van der Waals surface area contributed by atoms with Crippen molar-refractivity contribution in [2.45, 2.75) is 13.3 Å². The summed E-state index contributed by atoms with van der Waals surface area (Å²) in [4.78, 5) is 17.6.